The third-order valence-electron chi connectivity index (χ3n) is 7.98. The average Bonchev–Trinajstić information content (AvgIpc) is 3.29. The number of urea groups is 1. The van der Waals surface area contributed by atoms with Crippen LogP contribution < -0.4 is 20.1 Å². The molecular formula is C29H32F2N4O3. The summed E-state index contributed by atoms with van der Waals surface area (Å²) in [6.45, 7) is 1.71. The second-order valence-electron chi connectivity index (χ2n) is 10.0. The van der Waals surface area contributed by atoms with E-state index in [1.807, 2.05) is 18.2 Å². The van der Waals surface area contributed by atoms with Gasteiger partial charge in [-0.3, -0.25) is 9.88 Å². The Kier molecular flexibility index (Phi) is 7.46. The van der Waals surface area contributed by atoms with Crippen molar-refractivity contribution in [1.82, 2.24) is 15.2 Å². The highest BCUT2D eigenvalue weighted by molar-refractivity contribution is 5.89. The van der Waals surface area contributed by atoms with Gasteiger partial charge in [0.05, 0.1) is 14.2 Å². The molecule has 2 aromatic carbocycles. The van der Waals surface area contributed by atoms with Gasteiger partial charge in [0.2, 0.25) is 0 Å². The number of nitrogens with one attached hydrogen (secondary N) is 2. The van der Waals surface area contributed by atoms with Gasteiger partial charge in [0.1, 0.15) is 0 Å². The zero-order chi connectivity index (χ0) is 26.7. The van der Waals surface area contributed by atoms with Gasteiger partial charge < -0.3 is 20.1 Å². The Morgan fingerprint density at radius 2 is 1.82 bits per heavy atom. The summed E-state index contributed by atoms with van der Waals surface area (Å²) in [6.07, 6.45) is 7.04. The van der Waals surface area contributed by atoms with Crippen molar-refractivity contribution < 1.29 is 23.0 Å². The fourth-order valence-electron chi connectivity index (χ4n) is 6.10. The monoisotopic (exact) mass is 522 g/mol. The largest absolute Gasteiger partial charge is 0.493 e. The normalized spacial score (nSPS) is 22.9. The van der Waals surface area contributed by atoms with E-state index in [1.54, 1.807) is 26.6 Å². The number of fused-ring (bicyclic) bond motifs is 1. The first-order valence-corrected chi connectivity index (χ1v) is 12.8. The highest BCUT2D eigenvalue weighted by Gasteiger charge is 2.51. The van der Waals surface area contributed by atoms with Crippen LogP contribution in [0.3, 0.4) is 0 Å². The Bertz CT molecular complexity index is 1290. The quantitative estimate of drug-likeness (QED) is 0.443. The van der Waals surface area contributed by atoms with Crippen molar-refractivity contribution in [1.29, 1.82) is 0 Å². The zero-order valence-corrected chi connectivity index (χ0v) is 21.5. The van der Waals surface area contributed by atoms with Crippen molar-refractivity contribution in [3.05, 3.63) is 83.7 Å². The number of carbonyl (C=O) groups is 1. The minimum Gasteiger partial charge on any atom is -0.493 e. The number of hydrogen-bond acceptors (Lipinski definition) is 5. The lowest BCUT2D eigenvalue weighted by Gasteiger charge is -2.45. The van der Waals surface area contributed by atoms with Crippen LogP contribution in [0.2, 0.25) is 0 Å². The number of nitrogens with zero attached hydrogens (tertiary/aromatic N) is 2. The van der Waals surface area contributed by atoms with E-state index >= 15 is 0 Å². The molecule has 0 spiro atoms. The molecule has 2 fully saturated rings. The summed E-state index contributed by atoms with van der Waals surface area (Å²) in [6, 6.07) is 13.2. The van der Waals surface area contributed by atoms with Crippen molar-refractivity contribution in [2.24, 2.45) is 0 Å². The highest BCUT2D eigenvalue weighted by atomic mass is 19.2. The molecule has 3 atom stereocenters. The fraction of sp³-hybridized carbons (Fsp3) is 0.379. The third-order valence-corrected chi connectivity index (χ3v) is 7.98. The van der Waals surface area contributed by atoms with Gasteiger partial charge in [-0.1, -0.05) is 6.07 Å². The lowest BCUT2D eigenvalue weighted by Crippen LogP contribution is -2.52. The lowest BCUT2D eigenvalue weighted by atomic mass is 9.65. The molecule has 38 heavy (non-hydrogen) atoms. The Morgan fingerprint density at radius 1 is 1.03 bits per heavy atom. The summed E-state index contributed by atoms with van der Waals surface area (Å²) in [5, 5.41) is 5.69. The lowest BCUT2D eigenvalue weighted by molar-refractivity contribution is 0.131. The molecule has 200 valence electrons. The molecule has 3 unspecified atom stereocenters. The molecule has 0 bridgehead atoms. The van der Waals surface area contributed by atoms with Crippen LogP contribution in [0.4, 0.5) is 19.3 Å². The number of aromatic nitrogens is 1. The smallest absolute Gasteiger partial charge is 0.319 e. The Hall–Kier alpha value is -3.72. The zero-order valence-electron chi connectivity index (χ0n) is 21.5. The van der Waals surface area contributed by atoms with Gasteiger partial charge in [0, 0.05) is 48.2 Å². The predicted molar refractivity (Wildman–Crippen MR) is 140 cm³/mol. The van der Waals surface area contributed by atoms with E-state index < -0.39 is 17.7 Å². The molecule has 1 aliphatic carbocycles. The van der Waals surface area contributed by atoms with Crippen LogP contribution in [0.5, 0.6) is 11.5 Å². The van der Waals surface area contributed by atoms with Gasteiger partial charge in [-0.2, -0.15) is 0 Å². The van der Waals surface area contributed by atoms with Crippen molar-refractivity contribution in [3.63, 3.8) is 0 Å². The molecule has 1 aromatic heterocycles. The van der Waals surface area contributed by atoms with Gasteiger partial charge in [0.15, 0.2) is 23.1 Å². The van der Waals surface area contributed by atoms with Crippen LogP contribution in [0.25, 0.3) is 0 Å². The summed E-state index contributed by atoms with van der Waals surface area (Å²) in [5.74, 6) is -0.555. The second kappa shape index (κ2) is 10.9. The number of ether oxygens (including phenoxy) is 2. The molecular weight excluding hydrogens is 490 g/mol. The number of hydrogen-bond donors (Lipinski definition) is 2. The fourth-order valence-corrected chi connectivity index (χ4v) is 6.10. The van der Waals surface area contributed by atoms with E-state index in [1.165, 1.54) is 17.2 Å². The van der Waals surface area contributed by atoms with Gasteiger partial charge in [0.25, 0.3) is 0 Å². The van der Waals surface area contributed by atoms with Crippen molar-refractivity contribution in [3.8, 4) is 11.5 Å². The Balaban J connectivity index is 1.37. The maximum Gasteiger partial charge on any atom is 0.319 e. The summed E-state index contributed by atoms with van der Waals surface area (Å²) in [4.78, 5) is 19.4. The first kappa shape index (κ1) is 25.9. The standard InChI is InChI=1S/C29H32F2N4O3/c1-37-25-6-3-20(15-26(25)38-2)29-10-7-22(34-28(36)33-21-4-5-23(30)24(31)16-21)17-27(29)35(14-11-29)18-19-8-12-32-13-9-19/h3-6,8-9,12-13,15-16,22,27H,7,10-11,14,17-18H2,1-2H3,(H2,33,34,36). The molecule has 2 heterocycles. The summed E-state index contributed by atoms with van der Waals surface area (Å²) in [5.41, 5.74) is 2.51. The molecule has 1 aliphatic heterocycles. The van der Waals surface area contributed by atoms with Gasteiger partial charge in [-0.25, -0.2) is 13.6 Å². The van der Waals surface area contributed by atoms with E-state index in [2.05, 4.69) is 32.7 Å². The summed E-state index contributed by atoms with van der Waals surface area (Å²) >= 11 is 0. The number of benzene rings is 2. The van der Waals surface area contributed by atoms with Crippen molar-refractivity contribution in [2.75, 3.05) is 26.1 Å². The first-order chi connectivity index (χ1) is 18.4. The van der Waals surface area contributed by atoms with E-state index in [0.717, 1.165) is 50.9 Å². The Morgan fingerprint density at radius 3 is 2.55 bits per heavy atom. The SMILES string of the molecule is COc1ccc(C23CCC(NC(=O)Nc4ccc(F)c(F)c4)CC2N(Cc2ccncc2)CC3)cc1OC. The van der Waals surface area contributed by atoms with Crippen LogP contribution >= 0.6 is 0 Å². The number of methoxy groups -OCH3 is 2. The minimum absolute atomic E-state index is 0.0726. The molecule has 1 saturated carbocycles. The molecule has 3 aromatic rings. The predicted octanol–water partition coefficient (Wildman–Crippen LogP) is 5.26. The number of anilines is 1. The number of halogens is 2. The molecule has 0 radical (unpaired) electrons. The van der Waals surface area contributed by atoms with Crippen molar-refractivity contribution >= 4 is 11.7 Å². The highest BCUT2D eigenvalue weighted by Crippen LogP contribution is 2.50. The van der Waals surface area contributed by atoms with Crippen LogP contribution in [-0.2, 0) is 12.0 Å². The Labute approximate surface area is 221 Å². The van der Waals surface area contributed by atoms with E-state index in [-0.39, 0.29) is 23.2 Å². The van der Waals surface area contributed by atoms with Gasteiger partial charge >= 0.3 is 6.03 Å². The molecule has 1 saturated heterocycles. The van der Waals surface area contributed by atoms with Crippen molar-refractivity contribution in [2.45, 2.75) is 49.7 Å². The van der Waals surface area contributed by atoms with Crippen LogP contribution in [0.1, 0.15) is 36.8 Å². The molecule has 5 rings (SSSR count). The second-order valence-corrected chi connectivity index (χ2v) is 10.0. The molecule has 2 N–H and O–H groups in total. The van der Waals surface area contributed by atoms with Gasteiger partial charge in [-0.05, 0) is 79.8 Å². The molecule has 7 nitrogen and oxygen atoms in total. The molecule has 2 aliphatic rings. The number of carbonyl (C=O) groups excluding carboxylic acids is 1. The minimum atomic E-state index is -1.00. The number of likely N-dealkylation sites (tertiary alicyclic amines) is 1. The molecule has 9 heteroatoms. The number of amides is 2. The van der Waals surface area contributed by atoms with E-state index in [9.17, 15) is 13.6 Å². The van der Waals surface area contributed by atoms with Crippen LogP contribution in [0, 0.1) is 11.6 Å². The van der Waals surface area contributed by atoms with Gasteiger partial charge in [-0.15, -0.1) is 0 Å². The van der Waals surface area contributed by atoms with Crippen LogP contribution in [-0.4, -0.2) is 48.8 Å². The summed E-state index contributed by atoms with van der Waals surface area (Å²) < 4.78 is 37.9. The first-order valence-electron chi connectivity index (χ1n) is 12.8. The third kappa shape index (κ3) is 5.15. The maximum atomic E-state index is 13.6. The topological polar surface area (TPSA) is 75.7 Å². The average molecular weight is 523 g/mol. The van der Waals surface area contributed by atoms with E-state index in [0.29, 0.717) is 11.5 Å². The maximum absolute atomic E-state index is 13.6. The summed E-state index contributed by atoms with van der Waals surface area (Å²) in [7, 11) is 3.28. The molecule has 2 amide bonds. The number of rotatable bonds is 7. The van der Waals surface area contributed by atoms with Crippen LogP contribution in [0.15, 0.2) is 60.9 Å². The van der Waals surface area contributed by atoms with E-state index in [4.69, 9.17) is 9.47 Å². The number of pyridine rings is 1.